The van der Waals surface area contributed by atoms with E-state index in [1.165, 1.54) is 7.11 Å². The molecule has 2 rings (SSSR count). The number of carbonyl (C=O) groups is 2. The van der Waals surface area contributed by atoms with Crippen LogP contribution in [0.5, 0.6) is 5.75 Å². The van der Waals surface area contributed by atoms with Crippen LogP contribution in [-0.2, 0) is 4.74 Å². The Morgan fingerprint density at radius 2 is 1.85 bits per heavy atom. The highest BCUT2D eigenvalue weighted by Gasteiger charge is 2.29. The van der Waals surface area contributed by atoms with E-state index < -0.39 is 5.97 Å². The number of methoxy groups -OCH3 is 1. The lowest BCUT2D eigenvalue weighted by atomic mass is 10.0. The van der Waals surface area contributed by atoms with E-state index in [4.69, 9.17) is 9.47 Å². The van der Waals surface area contributed by atoms with Gasteiger partial charge in [0.05, 0.1) is 25.4 Å². The Hall–Kier alpha value is -2.60. The summed E-state index contributed by atoms with van der Waals surface area (Å²) in [6.45, 7) is 6.62. The Kier molecular flexibility index (Phi) is 6.58. The molecule has 0 radical (unpaired) electrons. The summed E-state index contributed by atoms with van der Waals surface area (Å²) in [5.41, 5.74) is 2.20. The number of aromatic nitrogens is 1. The third kappa shape index (κ3) is 4.32. The van der Waals surface area contributed by atoms with Gasteiger partial charge < -0.3 is 19.4 Å². The average molecular weight is 359 g/mol. The second kappa shape index (κ2) is 8.67. The molecule has 6 nitrogen and oxygen atoms in total. The average Bonchev–Trinajstić information content (AvgIpc) is 2.94. The van der Waals surface area contributed by atoms with Crippen molar-refractivity contribution in [1.82, 2.24) is 4.98 Å². The fourth-order valence-corrected chi connectivity index (χ4v) is 2.91. The van der Waals surface area contributed by atoms with Crippen molar-refractivity contribution in [2.24, 2.45) is 0 Å². The largest absolute Gasteiger partial charge is 0.488 e. The minimum atomic E-state index is -0.431. The molecule has 0 bridgehead atoms. The van der Waals surface area contributed by atoms with Crippen molar-refractivity contribution in [3.8, 4) is 5.75 Å². The molecule has 0 fully saturated rings. The Balaban J connectivity index is 2.01. The number of ether oxygens (including phenoxy) is 2. The standard InChI is InChI=1S/C20H26N2O4/c1-13-17(20(24)25-5)14(2)21-18(13)19(23)15(3)22(4)11-12-26-16-9-7-6-8-10-16/h6-10,15,21H,11-12H2,1-5H3/p+1/t15-/m1/s1. The van der Waals surface area contributed by atoms with E-state index in [2.05, 4.69) is 4.98 Å². The van der Waals surface area contributed by atoms with Crippen molar-refractivity contribution in [2.75, 3.05) is 27.3 Å². The Bertz CT molecular complexity index is 768. The first kappa shape index (κ1) is 19.7. The molecule has 6 heteroatoms. The molecule has 0 saturated carbocycles. The fourth-order valence-electron chi connectivity index (χ4n) is 2.91. The number of ketones is 1. The summed E-state index contributed by atoms with van der Waals surface area (Å²) in [6, 6.07) is 9.33. The van der Waals surface area contributed by atoms with Gasteiger partial charge in [-0.2, -0.15) is 0 Å². The minimum Gasteiger partial charge on any atom is -0.488 e. The van der Waals surface area contributed by atoms with Crippen LogP contribution in [0, 0.1) is 13.8 Å². The van der Waals surface area contributed by atoms with Crippen molar-refractivity contribution >= 4 is 11.8 Å². The summed E-state index contributed by atoms with van der Waals surface area (Å²) in [6.07, 6.45) is 0. The summed E-state index contributed by atoms with van der Waals surface area (Å²) >= 11 is 0. The number of para-hydroxylation sites is 1. The lowest BCUT2D eigenvalue weighted by Crippen LogP contribution is -3.14. The molecule has 140 valence electrons. The van der Waals surface area contributed by atoms with Crippen LogP contribution in [0.4, 0.5) is 0 Å². The molecule has 1 aromatic heterocycles. The third-order valence-corrected chi connectivity index (χ3v) is 4.71. The van der Waals surface area contributed by atoms with Gasteiger partial charge in [0.25, 0.3) is 0 Å². The van der Waals surface area contributed by atoms with E-state index in [1.807, 2.05) is 44.3 Å². The van der Waals surface area contributed by atoms with Gasteiger partial charge in [-0.25, -0.2) is 4.79 Å². The SMILES string of the molecule is COC(=O)c1c(C)[nH]c(C(=O)[C@@H](C)[NH+](C)CCOc2ccccc2)c1C. The molecule has 2 aromatic rings. The van der Waals surface area contributed by atoms with Crippen LogP contribution < -0.4 is 9.64 Å². The van der Waals surface area contributed by atoms with Crippen molar-refractivity contribution in [1.29, 1.82) is 0 Å². The number of Topliss-reactive ketones (excluding diaryl/α,β-unsaturated/α-hetero) is 1. The van der Waals surface area contributed by atoms with Gasteiger partial charge >= 0.3 is 5.97 Å². The number of hydrogen-bond acceptors (Lipinski definition) is 4. The molecule has 1 aromatic carbocycles. The normalized spacial score (nSPS) is 13.1. The molecule has 0 aliphatic rings. The summed E-state index contributed by atoms with van der Waals surface area (Å²) < 4.78 is 10.5. The first-order valence-electron chi connectivity index (χ1n) is 8.68. The number of H-pyrrole nitrogens is 1. The highest BCUT2D eigenvalue weighted by atomic mass is 16.5. The second-order valence-electron chi connectivity index (χ2n) is 6.46. The Labute approximate surface area is 154 Å². The summed E-state index contributed by atoms with van der Waals surface area (Å²) in [7, 11) is 3.30. The molecule has 0 amide bonds. The zero-order valence-electron chi connectivity index (χ0n) is 16.0. The molecule has 1 heterocycles. The van der Waals surface area contributed by atoms with Crippen LogP contribution in [0.1, 0.15) is 39.0 Å². The molecule has 26 heavy (non-hydrogen) atoms. The maximum absolute atomic E-state index is 12.9. The second-order valence-corrected chi connectivity index (χ2v) is 6.46. The molecule has 0 aliphatic carbocycles. The van der Waals surface area contributed by atoms with Gasteiger partial charge in [0.1, 0.15) is 24.9 Å². The fraction of sp³-hybridized carbons (Fsp3) is 0.400. The summed E-state index contributed by atoms with van der Waals surface area (Å²) in [5.74, 6) is 0.357. The molecular weight excluding hydrogens is 332 g/mol. The molecular formula is C20H27N2O4+. The first-order valence-corrected chi connectivity index (χ1v) is 8.68. The van der Waals surface area contributed by atoms with Gasteiger partial charge in [0.15, 0.2) is 0 Å². The maximum atomic E-state index is 12.9. The van der Waals surface area contributed by atoms with Crippen LogP contribution in [0.3, 0.4) is 0 Å². The predicted molar refractivity (Wildman–Crippen MR) is 99.1 cm³/mol. The minimum absolute atomic E-state index is 0.0297. The van der Waals surface area contributed by atoms with Gasteiger partial charge in [0.2, 0.25) is 5.78 Å². The smallest absolute Gasteiger partial charge is 0.339 e. The van der Waals surface area contributed by atoms with Crippen molar-refractivity contribution in [2.45, 2.75) is 26.8 Å². The van der Waals surface area contributed by atoms with Crippen molar-refractivity contribution in [3.63, 3.8) is 0 Å². The number of aromatic amines is 1. The third-order valence-electron chi connectivity index (χ3n) is 4.71. The van der Waals surface area contributed by atoms with Gasteiger partial charge in [0, 0.05) is 5.69 Å². The monoisotopic (exact) mass is 359 g/mol. The van der Waals surface area contributed by atoms with E-state index in [9.17, 15) is 9.59 Å². The number of likely N-dealkylation sites (N-methyl/N-ethyl adjacent to an activating group) is 1. The molecule has 0 saturated heterocycles. The van der Waals surface area contributed by atoms with Crippen LogP contribution in [0.2, 0.25) is 0 Å². The Morgan fingerprint density at radius 3 is 2.46 bits per heavy atom. The lowest BCUT2D eigenvalue weighted by Gasteiger charge is -2.20. The molecule has 1 unspecified atom stereocenters. The van der Waals surface area contributed by atoms with E-state index in [0.717, 1.165) is 10.6 Å². The Morgan fingerprint density at radius 1 is 1.19 bits per heavy atom. The van der Waals surface area contributed by atoms with Gasteiger partial charge in [-0.3, -0.25) is 4.79 Å². The predicted octanol–water partition coefficient (Wildman–Crippen LogP) is 1.58. The summed E-state index contributed by atoms with van der Waals surface area (Å²) in [5, 5.41) is 0. The molecule has 0 spiro atoms. The van der Waals surface area contributed by atoms with Crippen molar-refractivity contribution < 1.29 is 24.0 Å². The number of carbonyl (C=O) groups excluding carboxylic acids is 2. The molecule has 2 N–H and O–H groups in total. The van der Waals surface area contributed by atoms with Crippen LogP contribution in [0.25, 0.3) is 0 Å². The lowest BCUT2D eigenvalue weighted by molar-refractivity contribution is -0.893. The van der Waals surface area contributed by atoms with Gasteiger partial charge in [-0.15, -0.1) is 0 Å². The summed E-state index contributed by atoms with van der Waals surface area (Å²) in [4.78, 5) is 28.9. The quantitative estimate of drug-likeness (QED) is 0.554. The van der Waals surface area contributed by atoms with Gasteiger partial charge in [-0.05, 0) is 38.5 Å². The van der Waals surface area contributed by atoms with E-state index >= 15 is 0 Å². The molecule has 2 atom stereocenters. The number of esters is 1. The van der Waals surface area contributed by atoms with Gasteiger partial charge in [-0.1, -0.05) is 18.2 Å². The van der Waals surface area contributed by atoms with Crippen molar-refractivity contribution in [3.05, 3.63) is 52.8 Å². The first-order chi connectivity index (χ1) is 12.4. The highest BCUT2D eigenvalue weighted by Crippen LogP contribution is 2.19. The van der Waals surface area contributed by atoms with E-state index in [0.29, 0.717) is 35.7 Å². The number of benzene rings is 1. The van der Waals surface area contributed by atoms with Crippen LogP contribution in [0.15, 0.2) is 30.3 Å². The van der Waals surface area contributed by atoms with E-state index in [-0.39, 0.29) is 11.8 Å². The number of aryl methyl sites for hydroxylation is 1. The topological polar surface area (TPSA) is 72.8 Å². The van der Waals surface area contributed by atoms with E-state index in [1.54, 1.807) is 13.8 Å². The number of nitrogens with one attached hydrogen (secondary N) is 2. The van der Waals surface area contributed by atoms with Crippen LogP contribution >= 0.6 is 0 Å². The molecule has 0 aliphatic heterocycles. The zero-order valence-corrected chi connectivity index (χ0v) is 16.0. The number of hydrogen-bond donors (Lipinski definition) is 2. The van der Waals surface area contributed by atoms with Crippen LogP contribution in [-0.4, -0.2) is 50.1 Å². The highest BCUT2D eigenvalue weighted by molar-refractivity contribution is 6.03. The maximum Gasteiger partial charge on any atom is 0.339 e. The zero-order chi connectivity index (χ0) is 19.3. The number of rotatable bonds is 8. The number of quaternary nitrogens is 1.